The number of rotatable bonds is 4. The Kier molecular flexibility index (Phi) is 4.15. The summed E-state index contributed by atoms with van der Waals surface area (Å²) in [6.07, 6.45) is 3.35. The van der Waals surface area contributed by atoms with E-state index in [1.54, 1.807) is 0 Å². The highest BCUT2D eigenvalue weighted by molar-refractivity contribution is 5.94. The third kappa shape index (κ3) is 3.30. The monoisotopic (exact) mass is 233 g/mol. The number of hydrogen-bond acceptors (Lipinski definition) is 2. The lowest BCUT2D eigenvalue weighted by Gasteiger charge is -2.10. The zero-order chi connectivity index (χ0) is 12.1. The molecule has 1 aliphatic heterocycles. The first-order valence-electron chi connectivity index (χ1n) is 6.28. The fraction of sp³-hybridized carbons (Fsp3) is 0.500. The Bertz CT molecular complexity index is 366. The first-order valence-corrected chi connectivity index (χ1v) is 6.28. The van der Waals surface area contributed by atoms with Crippen molar-refractivity contribution in [3.8, 4) is 0 Å². The van der Waals surface area contributed by atoms with E-state index in [1.165, 1.54) is 5.56 Å². The predicted octanol–water partition coefficient (Wildman–Crippen LogP) is 2.16. The number of amides is 1. The van der Waals surface area contributed by atoms with Crippen molar-refractivity contribution in [3.05, 3.63) is 35.4 Å². The van der Waals surface area contributed by atoms with Gasteiger partial charge in [0.15, 0.2) is 0 Å². The minimum atomic E-state index is -0.0110. The molecule has 1 aliphatic rings. The maximum absolute atomic E-state index is 11.8. The van der Waals surface area contributed by atoms with Gasteiger partial charge in [-0.1, -0.05) is 19.1 Å². The van der Waals surface area contributed by atoms with Crippen molar-refractivity contribution < 1.29 is 9.53 Å². The Morgan fingerprint density at radius 1 is 1.41 bits per heavy atom. The second-order valence-electron chi connectivity index (χ2n) is 4.40. The molecule has 92 valence electrons. The molecule has 0 unspecified atom stereocenters. The molecule has 1 N–H and O–H groups in total. The molecule has 1 saturated heterocycles. The Labute approximate surface area is 102 Å². The molecule has 0 spiro atoms. The van der Waals surface area contributed by atoms with Gasteiger partial charge in [0.05, 0.1) is 6.10 Å². The van der Waals surface area contributed by atoms with Crippen LogP contribution in [0.15, 0.2) is 24.3 Å². The van der Waals surface area contributed by atoms with Crippen LogP contribution in [0.2, 0.25) is 0 Å². The Morgan fingerprint density at radius 2 is 2.18 bits per heavy atom. The van der Waals surface area contributed by atoms with Gasteiger partial charge >= 0.3 is 0 Å². The molecule has 3 heteroatoms. The van der Waals surface area contributed by atoms with Gasteiger partial charge in [-0.3, -0.25) is 4.79 Å². The lowest BCUT2D eigenvalue weighted by molar-refractivity contribution is 0.0858. The number of nitrogens with one attached hydrogen (secondary N) is 1. The fourth-order valence-corrected chi connectivity index (χ4v) is 2.01. The van der Waals surface area contributed by atoms with Crippen molar-refractivity contribution in [2.75, 3.05) is 13.2 Å². The normalized spacial score (nSPS) is 19.2. The van der Waals surface area contributed by atoms with Crippen LogP contribution < -0.4 is 5.32 Å². The summed E-state index contributed by atoms with van der Waals surface area (Å²) < 4.78 is 5.46. The standard InChI is InChI=1S/C14H19NO2/c1-2-11-5-7-12(8-6-11)14(16)15-10-13-4-3-9-17-13/h5-8,13H,2-4,9-10H2,1H3,(H,15,16)/t13-/m1/s1. The maximum Gasteiger partial charge on any atom is 0.251 e. The third-order valence-electron chi connectivity index (χ3n) is 3.14. The summed E-state index contributed by atoms with van der Waals surface area (Å²) in [6.45, 7) is 3.55. The van der Waals surface area contributed by atoms with Crippen molar-refractivity contribution in [2.45, 2.75) is 32.3 Å². The Morgan fingerprint density at radius 3 is 2.76 bits per heavy atom. The van der Waals surface area contributed by atoms with E-state index in [9.17, 15) is 4.79 Å². The molecule has 1 atom stereocenters. The van der Waals surface area contributed by atoms with Crippen molar-refractivity contribution in [1.29, 1.82) is 0 Å². The second-order valence-corrected chi connectivity index (χ2v) is 4.40. The largest absolute Gasteiger partial charge is 0.376 e. The van der Waals surface area contributed by atoms with Crippen LogP contribution in [0.5, 0.6) is 0 Å². The van der Waals surface area contributed by atoms with E-state index in [0.29, 0.717) is 6.54 Å². The van der Waals surface area contributed by atoms with E-state index in [2.05, 4.69) is 12.2 Å². The summed E-state index contributed by atoms with van der Waals surface area (Å²) in [5.74, 6) is -0.0110. The molecule has 0 aliphatic carbocycles. The van der Waals surface area contributed by atoms with Crippen molar-refractivity contribution >= 4 is 5.91 Å². The van der Waals surface area contributed by atoms with Gasteiger partial charge in [0, 0.05) is 18.7 Å². The quantitative estimate of drug-likeness (QED) is 0.865. The van der Waals surface area contributed by atoms with E-state index < -0.39 is 0 Å². The fourth-order valence-electron chi connectivity index (χ4n) is 2.01. The molecular weight excluding hydrogens is 214 g/mol. The van der Waals surface area contributed by atoms with E-state index in [0.717, 1.165) is 31.4 Å². The van der Waals surface area contributed by atoms with Crippen molar-refractivity contribution in [1.82, 2.24) is 5.32 Å². The lowest BCUT2D eigenvalue weighted by Crippen LogP contribution is -2.31. The number of benzene rings is 1. The molecule has 0 radical (unpaired) electrons. The Hall–Kier alpha value is -1.35. The average molecular weight is 233 g/mol. The van der Waals surface area contributed by atoms with E-state index in [1.807, 2.05) is 24.3 Å². The van der Waals surface area contributed by atoms with Crippen LogP contribution in [0.25, 0.3) is 0 Å². The zero-order valence-corrected chi connectivity index (χ0v) is 10.2. The number of hydrogen-bond donors (Lipinski definition) is 1. The minimum Gasteiger partial charge on any atom is -0.376 e. The number of carbonyl (C=O) groups excluding carboxylic acids is 1. The highest BCUT2D eigenvalue weighted by atomic mass is 16.5. The molecule has 17 heavy (non-hydrogen) atoms. The molecule has 1 amide bonds. The number of ether oxygens (including phenoxy) is 1. The SMILES string of the molecule is CCc1ccc(C(=O)NC[C@H]2CCCO2)cc1. The minimum absolute atomic E-state index is 0.0110. The van der Waals surface area contributed by atoms with Crippen LogP contribution in [0.1, 0.15) is 35.7 Å². The first kappa shape index (κ1) is 12.1. The van der Waals surface area contributed by atoms with Crippen molar-refractivity contribution in [3.63, 3.8) is 0 Å². The predicted molar refractivity (Wildman–Crippen MR) is 67.1 cm³/mol. The van der Waals surface area contributed by atoms with Crippen molar-refractivity contribution in [2.24, 2.45) is 0 Å². The molecule has 0 bridgehead atoms. The van der Waals surface area contributed by atoms with Gasteiger partial charge < -0.3 is 10.1 Å². The smallest absolute Gasteiger partial charge is 0.251 e. The van der Waals surface area contributed by atoms with Gasteiger partial charge in [-0.2, -0.15) is 0 Å². The van der Waals surface area contributed by atoms with Crippen LogP contribution in [0.4, 0.5) is 0 Å². The third-order valence-corrected chi connectivity index (χ3v) is 3.14. The summed E-state index contributed by atoms with van der Waals surface area (Å²) in [5, 5.41) is 2.91. The molecule has 0 saturated carbocycles. The summed E-state index contributed by atoms with van der Waals surface area (Å²) in [4.78, 5) is 11.8. The number of aryl methyl sites for hydroxylation is 1. The van der Waals surface area contributed by atoms with Gasteiger partial charge in [-0.15, -0.1) is 0 Å². The summed E-state index contributed by atoms with van der Waals surface area (Å²) >= 11 is 0. The Balaban J connectivity index is 1.85. The van der Waals surface area contributed by atoms with E-state index >= 15 is 0 Å². The molecule has 1 fully saturated rings. The van der Waals surface area contributed by atoms with Gasteiger partial charge in [0.25, 0.3) is 5.91 Å². The maximum atomic E-state index is 11.8. The van der Waals surface area contributed by atoms with Crippen LogP contribution in [0.3, 0.4) is 0 Å². The molecule has 1 aromatic carbocycles. The van der Waals surface area contributed by atoms with Crippen LogP contribution in [0, 0.1) is 0 Å². The molecular formula is C14H19NO2. The van der Waals surface area contributed by atoms with E-state index in [-0.39, 0.29) is 12.0 Å². The topological polar surface area (TPSA) is 38.3 Å². The highest BCUT2D eigenvalue weighted by Crippen LogP contribution is 2.11. The van der Waals surface area contributed by atoms with Gasteiger partial charge in [-0.05, 0) is 37.0 Å². The summed E-state index contributed by atoms with van der Waals surface area (Å²) in [5.41, 5.74) is 1.97. The molecule has 3 nitrogen and oxygen atoms in total. The lowest BCUT2D eigenvalue weighted by atomic mass is 10.1. The average Bonchev–Trinajstić information content (AvgIpc) is 2.89. The van der Waals surface area contributed by atoms with Crippen LogP contribution >= 0.6 is 0 Å². The molecule has 1 aromatic rings. The molecule has 1 heterocycles. The van der Waals surface area contributed by atoms with Gasteiger partial charge in [-0.25, -0.2) is 0 Å². The summed E-state index contributed by atoms with van der Waals surface area (Å²) in [6, 6.07) is 7.76. The zero-order valence-electron chi connectivity index (χ0n) is 10.2. The van der Waals surface area contributed by atoms with Gasteiger partial charge in [0.1, 0.15) is 0 Å². The van der Waals surface area contributed by atoms with E-state index in [4.69, 9.17) is 4.74 Å². The first-order chi connectivity index (χ1) is 8.29. The number of carbonyl (C=O) groups is 1. The highest BCUT2D eigenvalue weighted by Gasteiger charge is 2.16. The second kappa shape index (κ2) is 5.82. The molecule has 0 aromatic heterocycles. The van der Waals surface area contributed by atoms with Crippen LogP contribution in [-0.2, 0) is 11.2 Å². The van der Waals surface area contributed by atoms with Crippen LogP contribution in [-0.4, -0.2) is 25.2 Å². The molecule has 2 rings (SSSR count). The van der Waals surface area contributed by atoms with Gasteiger partial charge in [0.2, 0.25) is 0 Å². The summed E-state index contributed by atoms with van der Waals surface area (Å²) in [7, 11) is 0.